The summed E-state index contributed by atoms with van der Waals surface area (Å²) in [5, 5.41) is 0. The van der Waals surface area contributed by atoms with Gasteiger partial charge in [0, 0.05) is 46.8 Å². The average Bonchev–Trinajstić information content (AvgIpc) is 3.79. The van der Waals surface area contributed by atoms with E-state index in [9.17, 15) is 0 Å². The molecule has 3 nitrogen and oxygen atoms in total. The summed E-state index contributed by atoms with van der Waals surface area (Å²) in [5.74, 6) is 3.86. The molecule has 0 saturated heterocycles. The van der Waals surface area contributed by atoms with Crippen LogP contribution in [0.15, 0.2) is 125 Å². The normalized spacial score (nSPS) is 33.5. The van der Waals surface area contributed by atoms with Crippen molar-refractivity contribution >= 4 is 5.57 Å². The zero-order chi connectivity index (χ0) is 36.8. The second-order valence-corrected chi connectivity index (χ2v) is 18.5. The molecule has 0 N–H and O–H groups in total. The third kappa shape index (κ3) is 4.94. The van der Waals surface area contributed by atoms with Crippen molar-refractivity contribution in [1.82, 2.24) is 4.90 Å². The SMILES string of the molecule is C1=CC(C2CC=CCC2)=C(N(C2=CCCC3=C2C2CCC=CC2O3)C2CCC3=C(C2)C2(c4ccccc4OC4C=CCCC42)c2ccc4c(c23)CCCC4)CC1. The lowest BCUT2D eigenvalue weighted by atomic mass is 9.56. The Kier molecular flexibility index (Phi) is 8.12. The molecule has 7 unspecified atom stereocenters. The first-order chi connectivity index (χ1) is 27.8. The molecule has 0 radical (unpaired) electrons. The molecule has 0 fully saturated rings. The predicted octanol–water partition coefficient (Wildman–Crippen LogP) is 12.5. The molecular weight excluding hydrogens is 683 g/mol. The van der Waals surface area contributed by atoms with Crippen molar-refractivity contribution in [2.45, 2.75) is 139 Å². The van der Waals surface area contributed by atoms with E-state index in [4.69, 9.17) is 9.47 Å². The first-order valence-electron chi connectivity index (χ1n) is 22.7. The molecule has 3 heteroatoms. The number of rotatable bonds is 4. The molecule has 2 aromatic rings. The van der Waals surface area contributed by atoms with E-state index in [1.807, 2.05) is 0 Å². The Morgan fingerprint density at radius 1 is 0.696 bits per heavy atom. The van der Waals surface area contributed by atoms with Crippen molar-refractivity contribution in [3.05, 3.63) is 153 Å². The summed E-state index contributed by atoms with van der Waals surface area (Å²) in [6, 6.07) is 14.8. The van der Waals surface area contributed by atoms with Gasteiger partial charge in [-0.25, -0.2) is 0 Å². The highest BCUT2D eigenvalue weighted by atomic mass is 16.5. The van der Waals surface area contributed by atoms with E-state index in [1.54, 1.807) is 50.2 Å². The molecule has 56 heavy (non-hydrogen) atoms. The van der Waals surface area contributed by atoms with E-state index in [0.29, 0.717) is 23.8 Å². The summed E-state index contributed by atoms with van der Waals surface area (Å²) in [7, 11) is 0. The molecule has 286 valence electrons. The molecule has 2 heterocycles. The zero-order valence-corrected chi connectivity index (χ0v) is 33.1. The summed E-state index contributed by atoms with van der Waals surface area (Å²) < 4.78 is 13.9. The minimum Gasteiger partial charge on any atom is -0.490 e. The fraction of sp³-hybridized carbons (Fsp3) is 0.472. The van der Waals surface area contributed by atoms with E-state index in [1.165, 1.54) is 81.2 Å². The van der Waals surface area contributed by atoms with Crippen LogP contribution in [0.5, 0.6) is 5.75 Å². The van der Waals surface area contributed by atoms with Crippen LogP contribution in [-0.2, 0) is 23.0 Å². The largest absolute Gasteiger partial charge is 0.490 e. The number of hydrogen-bond acceptors (Lipinski definition) is 3. The quantitative estimate of drug-likeness (QED) is 0.292. The molecule has 1 spiro atoms. The van der Waals surface area contributed by atoms with Gasteiger partial charge in [-0.2, -0.15) is 0 Å². The molecule has 0 aromatic heterocycles. The third-order valence-corrected chi connectivity index (χ3v) is 15.9. The smallest absolute Gasteiger partial charge is 0.124 e. The van der Waals surface area contributed by atoms with Gasteiger partial charge in [0.1, 0.15) is 23.7 Å². The first-order valence-corrected chi connectivity index (χ1v) is 22.7. The number of nitrogens with zero attached hydrogens (tertiary/aromatic N) is 1. The van der Waals surface area contributed by atoms with Crippen LogP contribution in [0.1, 0.15) is 131 Å². The number of para-hydroxylation sites is 1. The summed E-state index contributed by atoms with van der Waals surface area (Å²) in [6.45, 7) is 0. The standard InChI is InChI=1S/C53H57NO2/c1-2-15-34(16-3-1)37-18-6-10-23-45(37)54(46-24-14-28-50-52(46)40-20-7-11-25-47(40)55-50)36-30-31-39-44(33-36)53(43-32-29-35-17-4-5-19-38(35)51(39)43)41-21-8-12-26-48(41)56-49-27-13-9-22-42(49)53/h1-2,6,8,11-13,18,21,24-27,29,32,34,36,40,42,47,49H,3-5,7,9-10,14-17,19-20,22-23,28,30-31,33H2. The van der Waals surface area contributed by atoms with Crippen LogP contribution in [0.3, 0.4) is 0 Å². The lowest BCUT2D eigenvalue weighted by molar-refractivity contribution is 0.0964. The zero-order valence-electron chi connectivity index (χ0n) is 33.1. The number of benzene rings is 2. The topological polar surface area (TPSA) is 21.7 Å². The summed E-state index contributed by atoms with van der Waals surface area (Å²) in [6.07, 6.45) is 43.7. The van der Waals surface area contributed by atoms with Crippen LogP contribution in [0.25, 0.3) is 5.57 Å². The van der Waals surface area contributed by atoms with Gasteiger partial charge in [-0.15, -0.1) is 0 Å². The van der Waals surface area contributed by atoms with Crippen molar-refractivity contribution < 1.29 is 9.47 Å². The maximum Gasteiger partial charge on any atom is 0.124 e. The van der Waals surface area contributed by atoms with Crippen LogP contribution in [0.2, 0.25) is 0 Å². The van der Waals surface area contributed by atoms with Gasteiger partial charge in [0.2, 0.25) is 0 Å². The van der Waals surface area contributed by atoms with Gasteiger partial charge >= 0.3 is 0 Å². The Hall–Kier alpha value is -4.24. The van der Waals surface area contributed by atoms with Gasteiger partial charge in [0.15, 0.2) is 0 Å². The van der Waals surface area contributed by atoms with E-state index in [2.05, 4.69) is 96.0 Å². The molecule has 12 rings (SSSR count). The Morgan fingerprint density at radius 3 is 2.54 bits per heavy atom. The van der Waals surface area contributed by atoms with Gasteiger partial charge in [-0.3, -0.25) is 0 Å². The van der Waals surface area contributed by atoms with Crippen molar-refractivity contribution in [3.63, 3.8) is 0 Å². The van der Waals surface area contributed by atoms with Crippen molar-refractivity contribution in [3.8, 4) is 5.75 Å². The van der Waals surface area contributed by atoms with Crippen LogP contribution in [0.4, 0.5) is 0 Å². The lowest BCUT2D eigenvalue weighted by Gasteiger charge is -2.52. The summed E-state index contributed by atoms with van der Waals surface area (Å²) in [5.41, 5.74) is 17.7. The van der Waals surface area contributed by atoms with Crippen molar-refractivity contribution in [1.29, 1.82) is 0 Å². The molecule has 0 bridgehead atoms. The molecular formula is C53H57NO2. The number of ether oxygens (including phenoxy) is 2. The van der Waals surface area contributed by atoms with E-state index in [-0.39, 0.29) is 17.6 Å². The Morgan fingerprint density at radius 2 is 1.59 bits per heavy atom. The molecule has 8 aliphatic carbocycles. The Balaban J connectivity index is 1.06. The van der Waals surface area contributed by atoms with Crippen LogP contribution < -0.4 is 4.74 Å². The van der Waals surface area contributed by atoms with Crippen molar-refractivity contribution in [2.24, 2.45) is 17.8 Å². The lowest BCUT2D eigenvalue weighted by Crippen LogP contribution is -2.50. The first kappa shape index (κ1) is 33.9. The second kappa shape index (κ2) is 13.4. The minimum absolute atomic E-state index is 0.101. The van der Waals surface area contributed by atoms with Gasteiger partial charge in [0.05, 0.1) is 5.41 Å². The minimum atomic E-state index is -0.162. The van der Waals surface area contributed by atoms with Crippen LogP contribution in [0, 0.1) is 17.8 Å². The van der Waals surface area contributed by atoms with Gasteiger partial charge in [0.25, 0.3) is 0 Å². The van der Waals surface area contributed by atoms with E-state index >= 15 is 0 Å². The predicted molar refractivity (Wildman–Crippen MR) is 226 cm³/mol. The molecule has 2 aliphatic heterocycles. The highest BCUT2D eigenvalue weighted by Crippen LogP contribution is 2.65. The van der Waals surface area contributed by atoms with E-state index < -0.39 is 0 Å². The Labute approximate surface area is 334 Å². The van der Waals surface area contributed by atoms with Gasteiger partial charge in [-0.05, 0) is 172 Å². The summed E-state index contributed by atoms with van der Waals surface area (Å²) in [4.78, 5) is 3.01. The van der Waals surface area contributed by atoms with Crippen molar-refractivity contribution in [2.75, 3.05) is 0 Å². The van der Waals surface area contributed by atoms with Gasteiger partial charge < -0.3 is 14.4 Å². The average molecular weight is 740 g/mol. The summed E-state index contributed by atoms with van der Waals surface area (Å²) >= 11 is 0. The molecule has 0 saturated carbocycles. The second-order valence-electron chi connectivity index (χ2n) is 18.5. The monoisotopic (exact) mass is 739 g/mol. The fourth-order valence-corrected chi connectivity index (χ4v) is 13.7. The highest BCUT2D eigenvalue weighted by Gasteiger charge is 2.59. The van der Waals surface area contributed by atoms with E-state index in [0.717, 1.165) is 57.1 Å². The Bertz CT molecular complexity index is 2240. The maximum absolute atomic E-state index is 7.00. The fourth-order valence-electron chi connectivity index (χ4n) is 13.7. The molecule has 7 atom stereocenters. The number of hydrogen-bond donors (Lipinski definition) is 0. The highest BCUT2D eigenvalue weighted by molar-refractivity contribution is 5.87. The molecule has 10 aliphatic rings. The van der Waals surface area contributed by atoms with Crippen LogP contribution in [-0.4, -0.2) is 23.1 Å². The van der Waals surface area contributed by atoms with Gasteiger partial charge in [-0.1, -0.05) is 72.9 Å². The number of fused-ring (bicyclic) bond motifs is 12. The molecule has 2 aromatic carbocycles. The maximum atomic E-state index is 7.00. The number of aryl methyl sites for hydroxylation is 1. The van der Waals surface area contributed by atoms with Crippen LogP contribution >= 0.6 is 0 Å². The number of allylic oxidation sites excluding steroid dienone is 12. The third-order valence-electron chi connectivity index (χ3n) is 15.9. The molecule has 0 amide bonds.